The largest absolute Gasteiger partial charge is 0.466 e. The predicted molar refractivity (Wildman–Crippen MR) is 80.9 cm³/mol. The van der Waals surface area contributed by atoms with Gasteiger partial charge in [-0.2, -0.15) is 5.10 Å². The third-order valence-electron chi connectivity index (χ3n) is 3.92. The SMILES string of the molecule is CCC(C)n1ccc(CC(NC)c2cc(C)oc2C)n1. The highest BCUT2D eigenvalue weighted by atomic mass is 16.3. The first-order valence-corrected chi connectivity index (χ1v) is 7.33. The van der Waals surface area contributed by atoms with Crippen LogP contribution in [0.15, 0.2) is 22.7 Å². The molecule has 0 fully saturated rings. The summed E-state index contributed by atoms with van der Waals surface area (Å²) in [5.74, 6) is 1.95. The Morgan fingerprint density at radius 1 is 1.40 bits per heavy atom. The van der Waals surface area contributed by atoms with Crippen molar-refractivity contribution in [2.45, 2.75) is 52.6 Å². The number of likely N-dealkylation sites (N-methyl/N-ethyl adjacent to an activating group) is 1. The number of furan rings is 1. The van der Waals surface area contributed by atoms with Crippen LogP contribution in [0.25, 0.3) is 0 Å². The minimum Gasteiger partial charge on any atom is -0.466 e. The molecular formula is C16H25N3O. The smallest absolute Gasteiger partial charge is 0.105 e. The Labute approximate surface area is 121 Å². The van der Waals surface area contributed by atoms with E-state index >= 15 is 0 Å². The van der Waals surface area contributed by atoms with Crippen LogP contribution in [0.3, 0.4) is 0 Å². The quantitative estimate of drug-likeness (QED) is 0.876. The van der Waals surface area contributed by atoms with E-state index in [4.69, 9.17) is 4.42 Å². The zero-order valence-corrected chi connectivity index (χ0v) is 13.1. The van der Waals surface area contributed by atoms with Crippen LogP contribution in [0.1, 0.15) is 55.1 Å². The average Bonchev–Trinajstić information content (AvgIpc) is 3.02. The van der Waals surface area contributed by atoms with Crippen molar-refractivity contribution in [2.24, 2.45) is 0 Å². The summed E-state index contributed by atoms with van der Waals surface area (Å²) in [5.41, 5.74) is 2.34. The van der Waals surface area contributed by atoms with Gasteiger partial charge >= 0.3 is 0 Å². The zero-order valence-electron chi connectivity index (χ0n) is 13.1. The van der Waals surface area contributed by atoms with Crippen LogP contribution in [0, 0.1) is 13.8 Å². The fourth-order valence-electron chi connectivity index (χ4n) is 2.49. The topological polar surface area (TPSA) is 43.0 Å². The highest BCUT2D eigenvalue weighted by Gasteiger charge is 2.17. The standard InChI is InChI=1S/C16H25N3O/c1-6-11(2)19-8-7-14(18-19)10-16(17-5)15-9-12(3)20-13(15)4/h7-9,11,16-17H,6,10H2,1-5H3. The van der Waals surface area contributed by atoms with E-state index in [1.807, 2.05) is 20.9 Å². The molecule has 2 aromatic rings. The van der Waals surface area contributed by atoms with E-state index in [0.29, 0.717) is 6.04 Å². The number of aromatic nitrogens is 2. The molecule has 2 rings (SSSR count). The number of nitrogens with one attached hydrogen (secondary N) is 1. The second-order valence-corrected chi connectivity index (χ2v) is 5.46. The lowest BCUT2D eigenvalue weighted by atomic mass is 10.0. The summed E-state index contributed by atoms with van der Waals surface area (Å²) < 4.78 is 7.68. The van der Waals surface area contributed by atoms with Gasteiger partial charge in [-0.05, 0) is 46.4 Å². The summed E-state index contributed by atoms with van der Waals surface area (Å²) in [6.45, 7) is 8.38. The Kier molecular flexibility index (Phi) is 4.65. The highest BCUT2D eigenvalue weighted by Crippen LogP contribution is 2.24. The first kappa shape index (κ1) is 14.9. The zero-order chi connectivity index (χ0) is 14.7. The molecule has 0 spiro atoms. The fourth-order valence-corrected chi connectivity index (χ4v) is 2.49. The lowest BCUT2D eigenvalue weighted by Gasteiger charge is -2.14. The van der Waals surface area contributed by atoms with E-state index in [2.05, 4.69) is 47.3 Å². The van der Waals surface area contributed by atoms with Gasteiger partial charge in [0.25, 0.3) is 0 Å². The summed E-state index contributed by atoms with van der Waals surface area (Å²) in [6.07, 6.45) is 4.04. The van der Waals surface area contributed by atoms with E-state index in [-0.39, 0.29) is 6.04 Å². The molecule has 0 saturated heterocycles. The summed E-state index contributed by atoms with van der Waals surface area (Å²) in [4.78, 5) is 0. The molecule has 0 aromatic carbocycles. The summed E-state index contributed by atoms with van der Waals surface area (Å²) in [5, 5.41) is 8.04. The second kappa shape index (κ2) is 6.27. The van der Waals surface area contributed by atoms with Gasteiger partial charge in [-0.25, -0.2) is 0 Å². The van der Waals surface area contributed by atoms with E-state index < -0.39 is 0 Å². The van der Waals surface area contributed by atoms with Gasteiger partial charge in [0, 0.05) is 30.3 Å². The van der Waals surface area contributed by atoms with E-state index in [9.17, 15) is 0 Å². The number of hydrogen-bond acceptors (Lipinski definition) is 3. The molecule has 0 bridgehead atoms. The molecule has 2 aromatic heterocycles. The Bertz CT molecular complexity index is 556. The lowest BCUT2D eigenvalue weighted by molar-refractivity contribution is 0.466. The van der Waals surface area contributed by atoms with Crippen LogP contribution in [0.2, 0.25) is 0 Å². The molecular weight excluding hydrogens is 250 g/mol. The van der Waals surface area contributed by atoms with Gasteiger partial charge in [-0.15, -0.1) is 0 Å². The van der Waals surface area contributed by atoms with Crippen molar-refractivity contribution < 1.29 is 4.42 Å². The van der Waals surface area contributed by atoms with Crippen LogP contribution in [-0.4, -0.2) is 16.8 Å². The van der Waals surface area contributed by atoms with Gasteiger partial charge in [-0.3, -0.25) is 4.68 Å². The lowest BCUT2D eigenvalue weighted by Crippen LogP contribution is -2.19. The third-order valence-corrected chi connectivity index (χ3v) is 3.92. The molecule has 2 unspecified atom stereocenters. The summed E-state index contributed by atoms with van der Waals surface area (Å²) in [7, 11) is 1.98. The van der Waals surface area contributed by atoms with Gasteiger partial charge in [0.15, 0.2) is 0 Å². The van der Waals surface area contributed by atoms with Crippen LogP contribution >= 0.6 is 0 Å². The number of nitrogens with zero attached hydrogens (tertiary/aromatic N) is 2. The van der Waals surface area contributed by atoms with E-state index in [1.165, 1.54) is 5.56 Å². The van der Waals surface area contributed by atoms with Crippen molar-refractivity contribution in [2.75, 3.05) is 7.05 Å². The molecule has 0 aliphatic heterocycles. The molecule has 110 valence electrons. The first-order chi connectivity index (χ1) is 9.55. The molecule has 0 radical (unpaired) electrons. The molecule has 0 amide bonds. The van der Waals surface area contributed by atoms with Gasteiger partial charge in [0.05, 0.1) is 5.69 Å². The molecule has 4 heteroatoms. The molecule has 1 N–H and O–H groups in total. The molecule has 2 atom stereocenters. The first-order valence-electron chi connectivity index (χ1n) is 7.33. The van der Waals surface area contributed by atoms with Crippen LogP contribution in [-0.2, 0) is 6.42 Å². The van der Waals surface area contributed by atoms with Crippen LogP contribution < -0.4 is 5.32 Å². The number of rotatable bonds is 6. The van der Waals surface area contributed by atoms with E-state index in [0.717, 1.165) is 30.1 Å². The maximum atomic E-state index is 5.63. The maximum absolute atomic E-state index is 5.63. The average molecular weight is 275 g/mol. The van der Waals surface area contributed by atoms with Crippen molar-refractivity contribution in [3.8, 4) is 0 Å². The van der Waals surface area contributed by atoms with Crippen LogP contribution in [0.5, 0.6) is 0 Å². The van der Waals surface area contributed by atoms with Gasteiger partial charge < -0.3 is 9.73 Å². The number of hydrogen-bond donors (Lipinski definition) is 1. The Morgan fingerprint density at radius 2 is 2.15 bits per heavy atom. The molecule has 4 nitrogen and oxygen atoms in total. The Balaban J connectivity index is 2.14. The maximum Gasteiger partial charge on any atom is 0.105 e. The van der Waals surface area contributed by atoms with Crippen molar-refractivity contribution in [1.82, 2.24) is 15.1 Å². The Morgan fingerprint density at radius 3 is 2.70 bits per heavy atom. The van der Waals surface area contributed by atoms with Crippen molar-refractivity contribution >= 4 is 0 Å². The van der Waals surface area contributed by atoms with Crippen molar-refractivity contribution in [3.63, 3.8) is 0 Å². The molecule has 0 saturated carbocycles. The normalized spacial score (nSPS) is 14.4. The van der Waals surface area contributed by atoms with Crippen molar-refractivity contribution in [3.05, 3.63) is 41.1 Å². The Hall–Kier alpha value is -1.55. The minimum absolute atomic E-state index is 0.243. The second-order valence-electron chi connectivity index (χ2n) is 5.46. The van der Waals surface area contributed by atoms with E-state index in [1.54, 1.807) is 0 Å². The highest BCUT2D eigenvalue weighted by molar-refractivity contribution is 5.25. The molecule has 2 heterocycles. The summed E-state index contributed by atoms with van der Waals surface area (Å²) >= 11 is 0. The fraction of sp³-hybridized carbons (Fsp3) is 0.562. The third kappa shape index (κ3) is 3.12. The van der Waals surface area contributed by atoms with Gasteiger partial charge in [-0.1, -0.05) is 6.92 Å². The monoisotopic (exact) mass is 275 g/mol. The molecule has 20 heavy (non-hydrogen) atoms. The predicted octanol–water partition coefficient (Wildman–Crippen LogP) is 3.57. The summed E-state index contributed by atoms with van der Waals surface area (Å²) in [6, 6.07) is 4.92. The number of aryl methyl sites for hydroxylation is 2. The molecule has 0 aliphatic rings. The minimum atomic E-state index is 0.243. The van der Waals surface area contributed by atoms with Gasteiger partial charge in [0.2, 0.25) is 0 Å². The molecule has 0 aliphatic carbocycles. The van der Waals surface area contributed by atoms with Gasteiger partial charge in [0.1, 0.15) is 11.5 Å². The van der Waals surface area contributed by atoms with Crippen LogP contribution in [0.4, 0.5) is 0 Å². The van der Waals surface area contributed by atoms with Crippen molar-refractivity contribution in [1.29, 1.82) is 0 Å².